The van der Waals surface area contributed by atoms with Gasteiger partial charge in [0.15, 0.2) is 34.9 Å². The first-order valence-corrected chi connectivity index (χ1v) is 15.4. The number of carbonyl (C=O) groups excluding carboxylic acids is 2. The molecule has 1 heterocycles. The van der Waals surface area contributed by atoms with Gasteiger partial charge in [0.05, 0.1) is 22.2 Å². The molecule has 2 amide bonds. The Kier molecular flexibility index (Phi) is 8.26. The van der Waals surface area contributed by atoms with Crippen molar-refractivity contribution >= 4 is 28.3 Å². The van der Waals surface area contributed by atoms with Crippen LogP contribution in [0.15, 0.2) is 18.2 Å². The number of halogens is 6. The van der Waals surface area contributed by atoms with Crippen LogP contribution in [0.25, 0.3) is 10.8 Å². The summed E-state index contributed by atoms with van der Waals surface area (Å²) in [4.78, 5) is 28.5. The summed E-state index contributed by atoms with van der Waals surface area (Å²) < 4.78 is 89.5. The minimum Gasteiger partial charge on any atom is -0.268 e. The maximum Gasteiger partial charge on any atom is 0.269 e. The topological polar surface area (TPSA) is 37.4 Å². The van der Waals surface area contributed by atoms with E-state index in [4.69, 9.17) is 0 Å². The number of hydrogen-bond acceptors (Lipinski definition) is 2. The van der Waals surface area contributed by atoms with Gasteiger partial charge in [-0.15, -0.1) is 0 Å². The van der Waals surface area contributed by atoms with Crippen molar-refractivity contribution < 1.29 is 35.9 Å². The molecule has 3 nitrogen and oxygen atoms in total. The van der Waals surface area contributed by atoms with Crippen LogP contribution in [-0.4, -0.2) is 11.8 Å². The van der Waals surface area contributed by atoms with Crippen LogP contribution in [-0.2, 0) is 12.8 Å². The highest BCUT2D eigenvalue weighted by molar-refractivity contribution is 6.36. The van der Waals surface area contributed by atoms with Crippen molar-refractivity contribution in [3.05, 3.63) is 75.4 Å². The highest BCUT2D eigenvalue weighted by Crippen LogP contribution is 2.43. The summed E-state index contributed by atoms with van der Waals surface area (Å²) in [6.07, 6.45) is 13.5. The van der Waals surface area contributed by atoms with E-state index in [0.29, 0.717) is 40.7 Å². The van der Waals surface area contributed by atoms with E-state index in [1.807, 2.05) is 6.07 Å². The Bertz CT molecular complexity index is 1500. The van der Waals surface area contributed by atoms with Crippen molar-refractivity contribution in [3.63, 3.8) is 0 Å². The minimum atomic E-state index is -2.20. The molecule has 0 aromatic heterocycles. The summed E-state index contributed by atoms with van der Waals surface area (Å²) >= 11 is 0. The van der Waals surface area contributed by atoms with E-state index in [1.165, 1.54) is 12.8 Å². The van der Waals surface area contributed by atoms with Gasteiger partial charge in [0.25, 0.3) is 11.8 Å². The summed E-state index contributed by atoms with van der Waals surface area (Å²) in [6, 6.07) is 5.31. The van der Waals surface area contributed by atoms with Crippen LogP contribution in [0.5, 0.6) is 0 Å². The zero-order valence-electron chi connectivity index (χ0n) is 23.8. The van der Waals surface area contributed by atoms with Crippen molar-refractivity contribution in [2.45, 2.75) is 89.9 Å². The summed E-state index contributed by atoms with van der Waals surface area (Å²) in [6.45, 7) is 0. The molecule has 0 atom stereocenters. The van der Waals surface area contributed by atoms with Gasteiger partial charge in [0, 0.05) is 5.39 Å². The Balaban J connectivity index is 1.50. The Morgan fingerprint density at radius 1 is 0.558 bits per heavy atom. The molecule has 228 valence electrons. The lowest BCUT2D eigenvalue weighted by Crippen LogP contribution is -2.43. The first-order chi connectivity index (χ1) is 20.7. The van der Waals surface area contributed by atoms with Crippen LogP contribution in [0.3, 0.4) is 0 Å². The Labute approximate surface area is 246 Å². The molecule has 0 radical (unpaired) electrons. The van der Waals surface area contributed by atoms with E-state index in [2.05, 4.69) is 0 Å². The highest BCUT2D eigenvalue weighted by atomic mass is 19.2. The number of aryl methyl sites for hydroxylation is 2. The molecule has 2 saturated carbocycles. The summed E-state index contributed by atoms with van der Waals surface area (Å²) in [5.41, 5.74) is -1.06. The van der Waals surface area contributed by atoms with Crippen LogP contribution in [0.4, 0.5) is 32.0 Å². The van der Waals surface area contributed by atoms with Crippen molar-refractivity contribution in [3.8, 4) is 0 Å². The van der Waals surface area contributed by atoms with Gasteiger partial charge in [-0.25, -0.2) is 31.2 Å². The third-order valence-corrected chi connectivity index (χ3v) is 9.75. The molecule has 0 saturated heterocycles. The van der Waals surface area contributed by atoms with Crippen LogP contribution >= 0.6 is 0 Å². The first kappa shape index (κ1) is 29.7. The van der Waals surface area contributed by atoms with Crippen LogP contribution in [0, 0.1) is 46.7 Å². The predicted molar refractivity (Wildman–Crippen MR) is 151 cm³/mol. The lowest BCUT2D eigenvalue weighted by atomic mass is 9.83. The third kappa shape index (κ3) is 5.12. The Morgan fingerprint density at radius 3 is 1.40 bits per heavy atom. The Hall–Kier alpha value is -3.36. The van der Waals surface area contributed by atoms with Crippen LogP contribution in [0.1, 0.15) is 109 Å². The SMILES string of the molecule is O=C1c2c(F)c(F)c(F)c3c(F)c(F)c(F)c(c23)C(=O)N1c1c(CCC2CCCCC2)cccc1CCC1CCCCC1. The number of amides is 2. The summed E-state index contributed by atoms with van der Waals surface area (Å²) in [7, 11) is 0. The predicted octanol–water partition coefficient (Wildman–Crippen LogP) is 9.50. The van der Waals surface area contributed by atoms with Crippen molar-refractivity contribution in [2.75, 3.05) is 4.90 Å². The summed E-state index contributed by atoms with van der Waals surface area (Å²) in [5.74, 6) is -14.5. The second kappa shape index (κ2) is 12.0. The van der Waals surface area contributed by atoms with Gasteiger partial charge in [0.2, 0.25) is 0 Å². The molecule has 3 aromatic carbocycles. The molecule has 6 rings (SSSR count). The smallest absolute Gasteiger partial charge is 0.268 e. The lowest BCUT2D eigenvalue weighted by molar-refractivity contribution is 0.0886. The molecule has 3 aliphatic rings. The fourth-order valence-electron chi connectivity index (χ4n) is 7.47. The fourth-order valence-corrected chi connectivity index (χ4v) is 7.47. The number of benzene rings is 3. The molecule has 2 fully saturated rings. The number of hydrogen-bond donors (Lipinski definition) is 0. The maximum absolute atomic E-state index is 15.3. The van der Waals surface area contributed by atoms with Gasteiger partial charge >= 0.3 is 0 Å². The second-order valence-electron chi connectivity index (χ2n) is 12.3. The standard InChI is InChI=1S/C34H33F6NO2/c35-26-23-22-24(28(37)30(26)39)33(42)41(34(43)25(22)29(38)31(40)27(23)36)32-20(16-14-18-8-3-1-4-9-18)12-7-13-21(32)17-15-19-10-5-2-6-11-19/h7,12-13,18-19H,1-6,8-11,14-17H2. The molecule has 0 spiro atoms. The van der Waals surface area contributed by atoms with Gasteiger partial charge in [-0.2, -0.15) is 0 Å². The van der Waals surface area contributed by atoms with Crippen LogP contribution < -0.4 is 4.90 Å². The molecule has 1 aliphatic heterocycles. The van der Waals surface area contributed by atoms with E-state index in [9.17, 15) is 27.2 Å². The van der Waals surface area contributed by atoms with E-state index < -0.39 is 68.6 Å². The maximum atomic E-state index is 15.3. The monoisotopic (exact) mass is 601 g/mol. The van der Waals surface area contributed by atoms with Gasteiger partial charge in [-0.05, 0) is 48.6 Å². The highest BCUT2D eigenvalue weighted by Gasteiger charge is 2.44. The lowest BCUT2D eigenvalue weighted by Gasteiger charge is -2.32. The minimum absolute atomic E-state index is 0.135. The molecule has 2 aliphatic carbocycles. The molecular formula is C34H33F6NO2. The molecule has 9 heteroatoms. The fraction of sp³-hybridized carbons (Fsp3) is 0.471. The van der Waals surface area contributed by atoms with E-state index >= 15 is 8.78 Å². The van der Waals surface area contributed by atoms with E-state index in [-0.39, 0.29) is 5.69 Å². The largest absolute Gasteiger partial charge is 0.269 e. The normalized spacial score (nSPS) is 18.2. The summed E-state index contributed by atoms with van der Waals surface area (Å²) in [5, 5.41) is -2.56. The van der Waals surface area contributed by atoms with Crippen molar-refractivity contribution in [2.24, 2.45) is 11.8 Å². The number of rotatable bonds is 7. The number of carbonyl (C=O) groups is 2. The third-order valence-electron chi connectivity index (χ3n) is 9.75. The van der Waals surface area contributed by atoms with Gasteiger partial charge in [-0.1, -0.05) is 82.4 Å². The second-order valence-corrected chi connectivity index (χ2v) is 12.3. The number of para-hydroxylation sites is 1. The van der Waals surface area contributed by atoms with Gasteiger partial charge in [0.1, 0.15) is 0 Å². The number of imide groups is 1. The van der Waals surface area contributed by atoms with Gasteiger partial charge < -0.3 is 0 Å². The first-order valence-electron chi connectivity index (χ1n) is 15.4. The molecule has 43 heavy (non-hydrogen) atoms. The van der Waals surface area contributed by atoms with E-state index in [0.717, 1.165) is 64.2 Å². The zero-order chi connectivity index (χ0) is 30.4. The quantitative estimate of drug-likeness (QED) is 0.154. The molecule has 3 aromatic rings. The molecule has 0 bridgehead atoms. The molecule has 0 unspecified atom stereocenters. The Morgan fingerprint density at radius 2 is 0.977 bits per heavy atom. The molecule has 0 N–H and O–H groups in total. The number of nitrogens with zero attached hydrogens (tertiary/aromatic N) is 1. The van der Waals surface area contributed by atoms with Crippen molar-refractivity contribution in [1.82, 2.24) is 0 Å². The van der Waals surface area contributed by atoms with Gasteiger partial charge in [-0.3, -0.25) is 9.59 Å². The van der Waals surface area contributed by atoms with E-state index in [1.54, 1.807) is 12.1 Å². The van der Waals surface area contributed by atoms with Crippen molar-refractivity contribution in [1.29, 1.82) is 0 Å². The average Bonchev–Trinajstić information content (AvgIpc) is 3.02. The zero-order valence-corrected chi connectivity index (χ0v) is 23.8. The number of anilines is 1. The van der Waals surface area contributed by atoms with Crippen LogP contribution in [0.2, 0.25) is 0 Å². The molecular weight excluding hydrogens is 568 g/mol. The average molecular weight is 602 g/mol.